The van der Waals surface area contributed by atoms with Crippen LogP contribution in [0.4, 0.5) is 11.4 Å². The summed E-state index contributed by atoms with van der Waals surface area (Å²) in [5.74, 6) is 0.214. The fraction of sp³-hybridized carbons (Fsp3) is 0.211. The minimum atomic E-state index is -0.323. The van der Waals surface area contributed by atoms with E-state index in [9.17, 15) is 9.59 Å². The van der Waals surface area contributed by atoms with Crippen molar-refractivity contribution in [2.45, 2.75) is 26.9 Å². The summed E-state index contributed by atoms with van der Waals surface area (Å²) in [5.41, 5.74) is 1.76. The quantitative estimate of drug-likeness (QED) is 0.701. The van der Waals surface area contributed by atoms with Crippen molar-refractivity contribution in [3.63, 3.8) is 0 Å². The summed E-state index contributed by atoms with van der Waals surface area (Å²) >= 11 is 5.17. The summed E-state index contributed by atoms with van der Waals surface area (Å²) in [6.45, 7) is 5.31. The predicted octanol–water partition coefficient (Wildman–Crippen LogP) is 3.56. The summed E-state index contributed by atoms with van der Waals surface area (Å²) in [4.78, 5) is 23.4. The van der Waals surface area contributed by atoms with Crippen LogP contribution in [-0.2, 0) is 4.79 Å². The van der Waals surface area contributed by atoms with Crippen LogP contribution in [0.5, 0.6) is 5.75 Å². The van der Waals surface area contributed by atoms with Gasteiger partial charge < -0.3 is 15.4 Å². The maximum Gasteiger partial charge on any atom is 0.257 e. The van der Waals surface area contributed by atoms with Crippen LogP contribution in [0, 0.1) is 0 Å². The molecule has 0 heterocycles. The zero-order chi connectivity index (χ0) is 19.1. The van der Waals surface area contributed by atoms with E-state index in [1.807, 2.05) is 13.8 Å². The number of amides is 2. The van der Waals surface area contributed by atoms with Gasteiger partial charge in [0, 0.05) is 23.9 Å². The van der Waals surface area contributed by atoms with Crippen molar-refractivity contribution < 1.29 is 14.3 Å². The Kier molecular flexibility index (Phi) is 6.68. The Morgan fingerprint density at radius 3 is 2.19 bits per heavy atom. The normalized spacial score (nSPS) is 10.2. The average molecular weight is 371 g/mol. The Bertz CT molecular complexity index is 804. The number of hydrogen-bond donors (Lipinski definition) is 3. The molecule has 0 spiro atoms. The van der Waals surface area contributed by atoms with E-state index in [0.717, 1.165) is 0 Å². The first-order valence-electron chi connectivity index (χ1n) is 8.10. The van der Waals surface area contributed by atoms with Gasteiger partial charge in [0.2, 0.25) is 5.91 Å². The van der Waals surface area contributed by atoms with E-state index in [1.165, 1.54) is 6.92 Å². The molecule has 0 fully saturated rings. The van der Waals surface area contributed by atoms with Gasteiger partial charge in [0.15, 0.2) is 5.11 Å². The standard InChI is InChI=1S/C19H21N3O3S/c1-12(2)25-17-9-7-14(8-10-17)18(24)22-19(26)21-16-6-4-5-15(11-16)20-13(3)23/h4-12H,1-3H3,(H,20,23)(H2,21,22,24,26). The number of nitrogens with one attached hydrogen (secondary N) is 3. The lowest BCUT2D eigenvalue weighted by Crippen LogP contribution is -2.34. The molecule has 0 aliphatic rings. The first kappa shape index (κ1) is 19.4. The summed E-state index contributed by atoms with van der Waals surface area (Å²) in [6, 6.07) is 13.9. The molecule has 2 amide bonds. The molecule has 0 saturated carbocycles. The number of anilines is 2. The van der Waals surface area contributed by atoms with Crippen molar-refractivity contribution >= 4 is 40.5 Å². The second-order valence-corrected chi connectivity index (χ2v) is 6.27. The van der Waals surface area contributed by atoms with Gasteiger partial charge in [-0.3, -0.25) is 14.9 Å². The number of rotatable bonds is 5. The smallest absolute Gasteiger partial charge is 0.257 e. The molecule has 0 atom stereocenters. The van der Waals surface area contributed by atoms with Crippen molar-refractivity contribution in [3.8, 4) is 5.75 Å². The van der Waals surface area contributed by atoms with E-state index in [4.69, 9.17) is 17.0 Å². The molecule has 136 valence electrons. The van der Waals surface area contributed by atoms with Crippen molar-refractivity contribution in [3.05, 3.63) is 54.1 Å². The molecule has 26 heavy (non-hydrogen) atoms. The van der Waals surface area contributed by atoms with Crippen molar-refractivity contribution in [1.82, 2.24) is 5.32 Å². The molecular formula is C19H21N3O3S. The molecule has 0 radical (unpaired) electrons. The molecular weight excluding hydrogens is 350 g/mol. The lowest BCUT2D eigenvalue weighted by Gasteiger charge is -2.12. The third-order valence-corrected chi connectivity index (χ3v) is 3.36. The molecule has 0 aromatic heterocycles. The van der Waals surface area contributed by atoms with Crippen LogP contribution < -0.4 is 20.7 Å². The monoisotopic (exact) mass is 371 g/mol. The Balaban J connectivity index is 1.94. The van der Waals surface area contributed by atoms with E-state index in [0.29, 0.717) is 22.7 Å². The minimum Gasteiger partial charge on any atom is -0.491 e. The molecule has 0 bridgehead atoms. The molecule has 3 N–H and O–H groups in total. The Labute approximate surface area is 157 Å². The molecule has 0 aliphatic carbocycles. The van der Waals surface area contributed by atoms with E-state index < -0.39 is 0 Å². The van der Waals surface area contributed by atoms with Crippen LogP contribution in [0.1, 0.15) is 31.1 Å². The highest BCUT2D eigenvalue weighted by atomic mass is 32.1. The first-order valence-corrected chi connectivity index (χ1v) is 8.51. The first-order chi connectivity index (χ1) is 12.3. The average Bonchev–Trinajstić information content (AvgIpc) is 2.54. The molecule has 2 rings (SSSR count). The van der Waals surface area contributed by atoms with Crippen LogP contribution in [-0.4, -0.2) is 23.0 Å². The van der Waals surface area contributed by atoms with Gasteiger partial charge in [-0.1, -0.05) is 6.07 Å². The van der Waals surface area contributed by atoms with Gasteiger partial charge in [-0.05, 0) is 68.5 Å². The summed E-state index contributed by atoms with van der Waals surface area (Å²) in [6.07, 6.45) is 0.0692. The SMILES string of the molecule is CC(=O)Nc1cccc(NC(=S)NC(=O)c2ccc(OC(C)C)cc2)c1. The Morgan fingerprint density at radius 2 is 1.62 bits per heavy atom. The molecule has 2 aromatic rings. The van der Waals surface area contributed by atoms with Crippen LogP contribution in [0.2, 0.25) is 0 Å². The molecule has 6 nitrogen and oxygen atoms in total. The highest BCUT2D eigenvalue weighted by Gasteiger charge is 2.09. The van der Waals surface area contributed by atoms with Crippen LogP contribution in [0.15, 0.2) is 48.5 Å². The minimum absolute atomic E-state index is 0.0692. The Hall–Kier alpha value is -2.93. The number of carbonyl (C=O) groups is 2. The fourth-order valence-corrected chi connectivity index (χ4v) is 2.38. The van der Waals surface area contributed by atoms with Crippen molar-refractivity contribution in [2.24, 2.45) is 0 Å². The number of ether oxygens (including phenoxy) is 1. The van der Waals surface area contributed by atoms with Gasteiger partial charge in [-0.25, -0.2) is 0 Å². The fourth-order valence-electron chi connectivity index (χ4n) is 2.17. The molecule has 2 aromatic carbocycles. The zero-order valence-corrected chi connectivity index (χ0v) is 15.6. The lowest BCUT2D eigenvalue weighted by molar-refractivity contribution is -0.114. The van der Waals surface area contributed by atoms with Crippen molar-refractivity contribution in [2.75, 3.05) is 10.6 Å². The van der Waals surface area contributed by atoms with Gasteiger partial charge in [0.25, 0.3) is 5.91 Å². The number of carbonyl (C=O) groups excluding carboxylic acids is 2. The highest BCUT2D eigenvalue weighted by molar-refractivity contribution is 7.80. The number of thiocarbonyl (C=S) groups is 1. The van der Waals surface area contributed by atoms with Crippen LogP contribution >= 0.6 is 12.2 Å². The van der Waals surface area contributed by atoms with Gasteiger partial charge in [-0.2, -0.15) is 0 Å². The number of hydrogen-bond acceptors (Lipinski definition) is 4. The second-order valence-electron chi connectivity index (χ2n) is 5.86. The highest BCUT2D eigenvalue weighted by Crippen LogP contribution is 2.16. The van der Waals surface area contributed by atoms with E-state index in [1.54, 1.807) is 48.5 Å². The molecule has 0 unspecified atom stereocenters. The largest absolute Gasteiger partial charge is 0.491 e. The number of benzene rings is 2. The summed E-state index contributed by atoms with van der Waals surface area (Å²) < 4.78 is 5.55. The van der Waals surface area contributed by atoms with Gasteiger partial charge in [0.05, 0.1) is 6.10 Å². The molecule has 7 heteroatoms. The van der Waals surface area contributed by atoms with E-state index >= 15 is 0 Å². The second kappa shape index (κ2) is 8.96. The predicted molar refractivity (Wildman–Crippen MR) is 107 cm³/mol. The van der Waals surface area contributed by atoms with Gasteiger partial charge in [-0.15, -0.1) is 0 Å². The third-order valence-electron chi connectivity index (χ3n) is 3.16. The molecule has 0 aliphatic heterocycles. The molecule has 0 saturated heterocycles. The van der Waals surface area contributed by atoms with Gasteiger partial charge >= 0.3 is 0 Å². The van der Waals surface area contributed by atoms with Gasteiger partial charge in [0.1, 0.15) is 5.75 Å². The topological polar surface area (TPSA) is 79.5 Å². The maximum absolute atomic E-state index is 12.3. The maximum atomic E-state index is 12.3. The third kappa shape index (κ3) is 6.18. The zero-order valence-electron chi connectivity index (χ0n) is 14.8. The Morgan fingerprint density at radius 1 is 1.00 bits per heavy atom. The van der Waals surface area contributed by atoms with Crippen LogP contribution in [0.3, 0.4) is 0 Å². The summed E-state index contributed by atoms with van der Waals surface area (Å²) in [5, 5.41) is 8.38. The van der Waals surface area contributed by atoms with E-state index in [2.05, 4.69) is 16.0 Å². The lowest BCUT2D eigenvalue weighted by atomic mass is 10.2. The van der Waals surface area contributed by atoms with Crippen molar-refractivity contribution in [1.29, 1.82) is 0 Å². The van der Waals surface area contributed by atoms with E-state index in [-0.39, 0.29) is 23.0 Å². The van der Waals surface area contributed by atoms with Crippen LogP contribution in [0.25, 0.3) is 0 Å². The summed E-state index contributed by atoms with van der Waals surface area (Å²) in [7, 11) is 0.